The molecule has 0 radical (unpaired) electrons. The monoisotopic (exact) mass is 1050 g/mol. The molecule has 0 spiro atoms. The number of aromatic nitrogens is 10. The Balaban J connectivity index is 0.895. The normalized spacial score (nSPS) is 24.6. The predicted octanol–water partition coefficient (Wildman–Crippen LogP) is 7.37. The van der Waals surface area contributed by atoms with Crippen LogP contribution >= 0.6 is 0 Å². The van der Waals surface area contributed by atoms with Gasteiger partial charge in [-0.1, -0.05) is 26.7 Å². The zero-order valence-electron chi connectivity index (χ0n) is 43.7. The highest BCUT2D eigenvalue weighted by Gasteiger charge is 2.49. The van der Waals surface area contributed by atoms with Crippen LogP contribution in [0.25, 0.3) is 11.3 Å². The number of aryl methyl sites for hydroxylation is 2. The van der Waals surface area contributed by atoms with Crippen LogP contribution < -0.4 is 21.3 Å². The van der Waals surface area contributed by atoms with E-state index in [2.05, 4.69) is 40.2 Å². The van der Waals surface area contributed by atoms with Gasteiger partial charge in [0.1, 0.15) is 11.4 Å². The van der Waals surface area contributed by atoms with E-state index in [1.165, 1.54) is 0 Å². The molecule has 2 saturated heterocycles. The smallest absolute Gasteiger partial charge is 0.356 e. The van der Waals surface area contributed by atoms with Gasteiger partial charge in [0, 0.05) is 63.0 Å². The molecular formula is C55H69F3N14O4. The van der Waals surface area contributed by atoms with E-state index in [9.17, 15) is 32.3 Å². The van der Waals surface area contributed by atoms with Gasteiger partial charge in [-0.15, -0.1) is 0 Å². The molecule has 3 aliphatic carbocycles. The average molecular weight is 1050 g/mol. The fourth-order valence-corrected chi connectivity index (χ4v) is 12.6. The minimum Gasteiger partial charge on any atom is -0.356 e. The van der Waals surface area contributed by atoms with Crippen LogP contribution in [-0.4, -0.2) is 91.7 Å². The second-order valence-corrected chi connectivity index (χ2v) is 22.6. The fourth-order valence-electron chi connectivity index (χ4n) is 12.6. The van der Waals surface area contributed by atoms with Crippen molar-refractivity contribution < 1.29 is 32.3 Å². The van der Waals surface area contributed by atoms with Crippen molar-refractivity contribution in [3.8, 4) is 0 Å². The first-order chi connectivity index (χ1) is 36.6. The van der Waals surface area contributed by atoms with Crippen molar-refractivity contribution in [3.63, 3.8) is 0 Å². The maximum Gasteiger partial charge on any atom is 0.393 e. The standard InChI is InChI=1S/C55H69F3N14O4/c1-5-69-44(20-22-61-69)53(75)65-50(48(32-11-12-32)33-13-14-33)43-29-72-47(63-43)18-16-41(68-72)39(40-23-35(55(56,57)58)27-60-52(40)74)25-37-26-45(70(6-2)67-37)54(76)64-49(34-9-7-30(3)8-10-34)42-28-71-46(62-42)17-15-36(66-71)24-38-31(4)19-21-59-51(38)73/h15-18,20,22,26,28-35,38-40,48-50H,5-14,19,21,23-25,27H2,1-4H3,(H,59,73)(H,60,74)(H,64,76)(H,65,75)/t30?,31?,34?,35-,38?,39?,40?,49+,50-/m1/s1. The molecule has 8 heterocycles. The molecule has 404 valence electrons. The Morgan fingerprint density at radius 3 is 2.09 bits per heavy atom. The number of nitrogens with one attached hydrogen (secondary N) is 4. The molecule has 2 aliphatic heterocycles. The quantitative estimate of drug-likeness (QED) is 0.0672. The molecular weight excluding hydrogens is 978 g/mol. The van der Waals surface area contributed by atoms with Gasteiger partial charge in [0.2, 0.25) is 11.8 Å². The van der Waals surface area contributed by atoms with Crippen LogP contribution in [-0.2, 0) is 35.5 Å². The number of amides is 4. The number of halogens is 3. The van der Waals surface area contributed by atoms with E-state index >= 15 is 0 Å². The molecule has 4 N–H and O–H groups in total. The van der Waals surface area contributed by atoms with Crippen molar-refractivity contribution in [2.24, 2.45) is 53.3 Å². The summed E-state index contributed by atoms with van der Waals surface area (Å²) >= 11 is 0. The lowest BCUT2D eigenvalue weighted by atomic mass is 9.77. The van der Waals surface area contributed by atoms with Gasteiger partial charge < -0.3 is 21.3 Å². The fraction of sp³-hybridized carbons (Fsp3) is 0.600. The summed E-state index contributed by atoms with van der Waals surface area (Å²) in [6.07, 6.45) is 9.76. The molecule has 6 aromatic rings. The summed E-state index contributed by atoms with van der Waals surface area (Å²) < 4.78 is 50.1. The van der Waals surface area contributed by atoms with E-state index in [-0.39, 0.29) is 53.5 Å². The number of alkyl halides is 3. The van der Waals surface area contributed by atoms with Gasteiger partial charge >= 0.3 is 6.18 Å². The van der Waals surface area contributed by atoms with Crippen molar-refractivity contribution in [3.05, 3.63) is 94.8 Å². The highest BCUT2D eigenvalue weighted by molar-refractivity contribution is 5.93. The molecule has 76 heavy (non-hydrogen) atoms. The molecule has 4 unspecified atom stereocenters. The van der Waals surface area contributed by atoms with Crippen molar-refractivity contribution in [1.29, 1.82) is 0 Å². The Morgan fingerprint density at radius 2 is 1.39 bits per heavy atom. The zero-order valence-corrected chi connectivity index (χ0v) is 43.7. The van der Waals surface area contributed by atoms with Gasteiger partial charge in [-0.05, 0) is 137 Å². The van der Waals surface area contributed by atoms with Gasteiger partial charge in [-0.2, -0.15) is 33.6 Å². The van der Waals surface area contributed by atoms with Gasteiger partial charge in [-0.3, -0.25) is 28.5 Å². The molecule has 3 saturated carbocycles. The van der Waals surface area contributed by atoms with Crippen LogP contribution in [0.15, 0.2) is 55.0 Å². The van der Waals surface area contributed by atoms with Crippen LogP contribution in [0.4, 0.5) is 13.2 Å². The maximum atomic E-state index is 14.8. The van der Waals surface area contributed by atoms with E-state index < -0.39 is 54.9 Å². The lowest BCUT2D eigenvalue weighted by molar-refractivity contribution is -0.184. The van der Waals surface area contributed by atoms with Crippen molar-refractivity contribution in [2.75, 3.05) is 13.1 Å². The first kappa shape index (κ1) is 51.4. The first-order valence-electron chi connectivity index (χ1n) is 27.7. The predicted molar refractivity (Wildman–Crippen MR) is 273 cm³/mol. The topological polar surface area (TPSA) is 212 Å². The average Bonchev–Trinajstić information content (AvgIpc) is 4.21. The van der Waals surface area contributed by atoms with Gasteiger partial charge in [0.15, 0.2) is 11.3 Å². The summed E-state index contributed by atoms with van der Waals surface area (Å²) in [6, 6.07) is 9.78. The van der Waals surface area contributed by atoms with E-state index in [1.54, 1.807) is 55.1 Å². The van der Waals surface area contributed by atoms with E-state index in [4.69, 9.17) is 25.3 Å². The highest BCUT2D eigenvalue weighted by Crippen LogP contribution is 2.54. The molecule has 6 aromatic heterocycles. The lowest BCUT2D eigenvalue weighted by Crippen LogP contribution is -2.48. The highest BCUT2D eigenvalue weighted by atomic mass is 19.4. The Kier molecular flexibility index (Phi) is 14.2. The molecule has 18 nitrogen and oxygen atoms in total. The summed E-state index contributed by atoms with van der Waals surface area (Å²) in [5.74, 6) is -3.13. The summed E-state index contributed by atoms with van der Waals surface area (Å²) in [6.45, 7) is 9.15. The van der Waals surface area contributed by atoms with E-state index in [0.717, 1.165) is 63.5 Å². The number of imidazole rings is 2. The summed E-state index contributed by atoms with van der Waals surface area (Å²) in [5, 5.41) is 31.3. The first-order valence-corrected chi connectivity index (χ1v) is 27.7. The Labute approximate surface area is 439 Å². The largest absolute Gasteiger partial charge is 0.393 e. The number of fused-ring (bicyclic) bond motifs is 2. The molecule has 7 atom stereocenters. The third kappa shape index (κ3) is 10.7. The molecule has 11 rings (SSSR count). The number of carbonyl (C=O) groups excluding carboxylic acids is 4. The second kappa shape index (κ2) is 21.0. The van der Waals surface area contributed by atoms with Crippen molar-refractivity contribution in [2.45, 2.75) is 142 Å². The van der Waals surface area contributed by atoms with Gasteiger partial charge in [0.25, 0.3) is 11.8 Å². The molecule has 4 amide bonds. The minimum atomic E-state index is -4.55. The summed E-state index contributed by atoms with van der Waals surface area (Å²) in [5.41, 5.74) is 4.71. The zero-order chi connectivity index (χ0) is 53.0. The second-order valence-electron chi connectivity index (χ2n) is 22.6. The van der Waals surface area contributed by atoms with Crippen LogP contribution in [0.2, 0.25) is 0 Å². The third-order valence-electron chi connectivity index (χ3n) is 17.3. The number of hydrogen-bond donors (Lipinski definition) is 4. The molecule has 5 aliphatic rings. The molecule has 21 heteroatoms. The Hall–Kier alpha value is -6.67. The minimum absolute atomic E-state index is 0.0108. The van der Waals surface area contributed by atoms with Crippen LogP contribution in [0.1, 0.15) is 159 Å². The third-order valence-corrected chi connectivity index (χ3v) is 17.3. The Bertz CT molecular complexity index is 3100. The number of nitrogens with zero attached hydrogens (tertiary/aromatic N) is 10. The summed E-state index contributed by atoms with van der Waals surface area (Å²) in [4.78, 5) is 65.3. The van der Waals surface area contributed by atoms with E-state index in [0.29, 0.717) is 83.6 Å². The molecule has 0 bridgehead atoms. The van der Waals surface area contributed by atoms with Crippen molar-refractivity contribution >= 4 is 34.9 Å². The lowest BCUT2D eigenvalue weighted by Gasteiger charge is -2.34. The van der Waals surface area contributed by atoms with Gasteiger partial charge in [-0.25, -0.2) is 19.0 Å². The van der Waals surface area contributed by atoms with Crippen LogP contribution in [0.5, 0.6) is 0 Å². The van der Waals surface area contributed by atoms with Crippen LogP contribution in [0.3, 0.4) is 0 Å². The molecule has 5 fully saturated rings. The van der Waals surface area contributed by atoms with Gasteiger partial charge in [0.05, 0.1) is 58.9 Å². The van der Waals surface area contributed by atoms with Crippen LogP contribution in [0, 0.1) is 53.3 Å². The summed E-state index contributed by atoms with van der Waals surface area (Å²) in [7, 11) is 0. The van der Waals surface area contributed by atoms with E-state index in [1.807, 2.05) is 32.2 Å². The number of hydrogen-bond acceptors (Lipinski definition) is 10. The van der Waals surface area contributed by atoms with Crippen molar-refractivity contribution in [1.82, 2.24) is 70.0 Å². The number of piperidine rings is 2. The Morgan fingerprint density at radius 1 is 0.724 bits per heavy atom. The molecule has 0 aromatic carbocycles. The maximum absolute atomic E-state index is 14.8. The number of rotatable bonds is 18. The SMILES string of the molecule is CCn1nc(CC(c2ccc3nc([C@@H](NC(=O)c4ccnn4CC)C(C4CC4)C4CC4)cn3n2)C2C[C@@H](C(F)(F)F)CNC2=O)cc1C(=O)N[C@H](c1cn2nc(CC3C(=O)NCCC3C)ccc2n1)C1CCC(C)CC1. The number of carbonyl (C=O) groups is 4.